The van der Waals surface area contributed by atoms with Gasteiger partial charge in [-0.3, -0.25) is 9.59 Å². The lowest BCUT2D eigenvalue weighted by atomic mass is 10.1. The van der Waals surface area contributed by atoms with Gasteiger partial charge in [-0.1, -0.05) is 17.7 Å². The third kappa shape index (κ3) is 4.06. The van der Waals surface area contributed by atoms with E-state index in [0.29, 0.717) is 16.9 Å². The molecule has 1 aliphatic rings. The molecule has 1 aromatic carbocycles. The standard InChI is InChI=1S/C19H18ClF2N3O3/c1-10(12-3-4-16(15(20)7-12)28-9-17(21)22)25-8-14-13(19(25)27)5-6-23-18(14)24-11(2)26/h3-7,10,17H,8-9H2,1-2H3,(H,23,24,26). The predicted octanol–water partition coefficient (Wildman–Crippen LogP) is 4.05. The smallest absolute Gasteiger partial charge is 0.272 e. The summed E-state index contributed by atoms with van der Waals surface area (Å²) in [4.78, 5) is 30.0. The van der Waals surface area contributed by atoms with Gasteiger partial charge in [-0.15, -0.1) is 0 Å². The molecule has 148 valence electrons. The first-order chi connectivity index (χ1) is 13.3. The number of rotatable bonds is 6. The van der Waals surface area contributed by atoms with Crippen molar-refractivity contribution in [2.75, 3.05) is 11.9 Å². The van der Waals surface area contributed by atoms with Crippen LogP contribution >= 0.6 is 11.6 Å². The van der Waals surface area contributed by atoms with Gasteiger partial charge in [0.2, 0.25) is 5.91 Å². The molecule has 2 aromatic rings. The normalized spacial score (nSPS) is 14.2. The van der Waals surface area contributed by atoms with Gasteiger partial charge in [-0.2, -0.15) is 0 Å². The van der Waals surface area contributed by atoms with Crippen molar-refractivity contribution in [3.8, 4) is 5.75 Å². The molecule has 1 aliphatic heterocycles. The Morgan fingerprint density at radius 2 is 2.14 bits per heavy atom. The number of anilines is 1. The number of benzene rings is 1. The number of alkyl halides is 2. The second-order valence-electron chi connectivity index (χ2n) is 6.37. The van der Waals surface area contributed by atoms with Gasteiger partial charge < -0.3 is 15.0 Å². The number of carbonyl (C=O) groups excluding carboxylic acids is 2. The van der Waals surface area contributed by atoms with Crippen LogP contribution in [0.15, 0.2) is 30.5 Å². The molecule has 0 bridgehead atoms. The molecule has 3 rings (SSSR count). The van der Waals surface area contributed by atoms with Crippen LogP contribution in [0, 0.1) is 0 Å². The number of hydrogen-bond acceptors (Lipinski definition) is 4. The summed E-state index contributed by atoms with van der Waals surface area (Å²) in [7, 11) is 0. The minimum absolute atomic E-state index is 0.158. The Labute approximate surface area is 165 Å². The fraction of sp³-hybridized carbons (Fsp3) is 0.316. The average molecular weight is 410 g/mol. The second kappa shape index (κ2) is 8.10. The SMILES string of the molecule is CC(=O)Nc1nccc2c1CN(C(C)c1ccc(OCC(F)F)c(Cl)c1)C2=O. The Hall–Kier alpha value is -2.74. The summed E-state index contributed by atoms with van der Waals surface area (Å²) < 4.78 is 29.6. The van der Waals surface area contributed by atoms with Crippen molar-refractivity contribution in [1.29, 1.82) is 0 Å². The number of ether oxygens (including phenoxy) is 1. The molecule has 28 heavy (non-hydrogen) atoms. The van der Waals surface area contributed by atoms with Crippen LogP contribution in [0.2, 0.25) is 5.02 Å². The number of fused-ring (bicyclic) bond motifs is 1. The van der Waals surface area contributed by atoms with Crippen LogP contribution < -0.4 is 10.1 Å². The van der Waals surface area contributed by atoms with Crippen molar-refractivity contribution in [2.24, 2.45) is 0 Å². The highest BCUT2D eigenvalue weighted by Crippen LogP contribution is 2.36. The number of pyridine rings is 1. The van der Waals surface area contributed by atoms with Crippen LogP contribution in [-0.4, -0.2) is 34.7 Å². The van der Waals surface area contributed by atoms with E-state index in [1.165, 1.54) is 19.2 Å². The lowest BCUT2D eigenvalue weighted by molar-refractivity contribution is -0.114. The summed E-state index contributed by atoms with van der Waals surface area (Å²) in [6.45, 7) is 2.74. The van der Waals surface area contributed by atoms with Crippen molar-refractivity contribution in [2.45, 2.75) is 32.9 Å². The van der Waals surface area contributed by atoms with E-state index in [1.54, 1.807) is 23.1 Å². The number of amides is 2. The van der Waals surface area contributed by atoms with Gasteiger partial charge in [0.1, 0.15) is 18.2 Å². The third-order valence-electron chi connectivity index (χ3n) is 4.44. The molecule has 1 N–H and O–H groups in total. The van der Waals surface area contributed by atoms with Crippen LogP contribution in [0.25, 0.3) is 0 Å². The van der Waals surface area contributed by atoms with Gasteiger partial charge in [0.25, 0.3) is 12.3 Å². The minimum atomic E-state index is -2.60. The molecule has 9 heteroatoms. The zero-order valence-electron chi connectivity index (χ0n) is 15.2. The van der Waals surface area contributed by atoms with Gasteiger partial charge in [0.15, 0.2) is 0 Å². The summed E-state index contributed by atoms with van der Waals surface area (Å²) in [6, 6.07) is 6.06. The van der Waals surface area contributed by atoms with Crippen LogP contribution in [0.4, 0.5) is 14.6 Å². The molecule has 2 amide bonds. The van der Waals surface area contributed by atoms with Crippen LogP contribution in [0.1, 0.15) is 41.4 Å². The van der Waals surface area contributed by atoms with Gasteiger partial charge in [-0.25, -0.2) is 13.8 Å². The quantitative estimate of drug-likeness (QED) is 0.781. The lowest BCUT2D eigenvalue weighted by Crippen LogP contribution is -2.27. The van der Waals surface area contributed by atoms with Crippen LogP contribution in [0.3, 0.4) is 0 Å². The van der Waals surface area contributed by atoms with Crippen molar-refractivity contribution in [3.05, 3.63) is 52.2 Å². The van der Waals surface area contributed by atoms with Crippen molar-refractivity contribution < 1.29 is 23.1 Å². The molecular weight excluding hydrogens is 392 g/mol. The van der Waals surface area contributed by atoms with Gasteiger partial charge in [0, 0.05) is 24.2 Å². The summed E-state index contributed by atoms with van der Waals surface area (Å²) in [5, 5.41) is 2.83. The predicted molar refractivity (Wildman–Crippen MR) is 99.8 cm³/mol. The Morgan fingerprint density at radius 1 is 1.39 bits per heavy atom. The van der Waals surface area contributed by atoms with E-state index in [0.717, 1.165) is 5.56 Å². The minimum Gasteiger partial charge on any atom is -0.486 e. The topological polar surface area (TPSA) is 71.5 Å². The molecule has 6 nitrogen and oxygen atoms in total. The van der Waals surface area contributed by atoms with Crippen molar-refractivity contribution in [3.63, 3.8) is 0 Å². The number of halogens is 3. The Bertz CT molecular complexity index is 923. The molecule has 1 unspecified atom stereocenters. The third-order valence-corrected chi connectivity index (χ3v) is 4.74. The van der Waals surface area contributed by atoms with E-state index in [2.05, 4.69) is 10.3 Å². The molecule has 0 saturated carbocycles. The van der Waals surface area contributed by atoms with Crippen LogP contribution in [0.5, 0.6) is 5.75 Å². The summed E-state index contributed by atoms with van der Waals surface area (Å²) in [5.41, 5.74) is 1.86. The van der Waals surface area contributed by atoms with Crippen LogP contribution in [-0.2, 0) is 11.3 Å². The van der Waals surface area contributed by atoms with E-state index in [-0.39, 0.29) is 35.2 Å². The Kier molecular flexibility index (Phi) is 5.79. The maximum atomic E-state index is 12.8. The van der Waals surface area contributed by atoms with E-state index >= 15 is 0 Å². The van der Waals surface area contributed by atoms with Gasteiger partial charge in [-0.05, 0) is 30.7 Å². The largest absolute Gasteiger partial charge is 0.486 e. The van der Waals surface area contributed by atoms with Gasteiger partial charge in [0.05, 0.1) is 17.6 Å². The first-order valence-corrected chi connectivity index (χ1v) is 8.92. The lowest BCUT2D eigenvalue weighted by Gasteiger charge is -2.25. The zero-order chi connectivity index (χ0) is 20.4. The fourth-order valence-electron chi connectivity index (χ4n) is 3.06. The first kappa shape index (κ1) is 20.0. The summed E-state index contributed by atoms with van der Waals surface area (Å²) in [5.74, 6) is 0.0598. The second-order valence-corrected chi connectivity index (χ2v) is 6.78. The summed E-state index contributed by atoms with van der Waals surface area (Å²) in [6.07, 6.45) is -1.12. The first-order valence-electron chi connectivity index (χ1n) is 8.54. The summed E-state index contributed by atoms with van der Waals surface area (Å²) >= 11 is 6.14. The Balaban J connectivity index is 1.81. The zero-order valence-corrected chi connectivity index (χ0v) is 16.0. The average Bonchev–Trinajstić information content (AvgIpc) is 2.97. The molecule has 1 aromatic heterocycles. The molecule has 1 atom stereocenters. The Morgan fingerprint density at radius 3 is 2.79 bits per heavy atom. The number of carbonyl (C=O) groups is 2. The van der Waals surface area contributed by atoms with E-state index in [4.69, 9.17) is 16.3 Å². The number of nitrogens with zero attached hydrogens (tertiary/aromatic N) is 2. The highest BCUT2D eigenvalue weighted by atomic mass is 35.5. The molecule has 0 radical (unpaired) electrons. The monoisotopic (exact) mass is 409 g/mol. The number of aromatic nitrogens is 1. The number of hydrogen-bond donors (Lipinski definition) is 1. The molecule has 2 heterocycles. The molecular formula is C19H18ClF2N3O3. The van der Waals surface area contributed by atoms with E-state index < -0.39 is 13.0 Å². The highest BCUT2D eigenvalue weighted by Gasteiger charge is 2.34. The molecule has 0 fully saturated rings. The van der Waals surface area contributed by atoms with Gasteiger partial charge >= 0.3 is 0 Å². The highest BCUT2D eigenvalue weighted by molar-refractivity contribution is 6.32. The van der Waals surface area contributed by atoms with E-state index in [9.17, 15) is 18.4 Å². The van der Waals surface area contributed by atoms with E-state index in [1.807, 2.05) is 6.92 Å². The maximum absolute atomic E-state index is 12.8. The fourth-order valence-corrected chi connectivity index (χ4v) is 3.31. The van der Waals surface area contributed by atoms with Crippen molar-refractivity contribution >= 4 is 29.2 Å². The maximum Gasteiger partial charge on any atom is 0.272 e. The molecule has 0 saturated heterocycles. The van der Waals surface area contributed by atoms with Crippen molar-refractivity contribution in [1.82, 2.24) is 9.88 Å². The molecule has 0 aliphatic carbocycles. The molecule has 0 spiro atoms. The number of nitrogens with one attached hydrogen (secondary N) is 1.